The Morgan fingerprint density at radius 1 is 1.11 bits per heavy atom. The number of fused-ring (bicyclic) bond motifs is 1. The molecular weight excluding hydrogens is 304 g/mol. The van der Waals surface area contributed by atoms with E-state index in [2.05, 4.69) is 33.1 Å². The van der Waals surface area contributed by atoms with Crippen molar-refractivity contribution in [2.24, 2.45) is 0 Å². The monoisotopic (exact) mass is 316 g/mol. The van der Waals surface area contributed by atoms with Crippen LogP contribution >= 0.6 is 15.9 Å². The third-order valence-corrected chi connectivity index (χ3v) is 3.84. The highest BCUT2D eigenvalue weighted by atomic mass is 79.9. The maximum atomic E-state index is 5.99. The Hall–Kier alpha value is -1.88. The summed E-state index contributed by atoms with van der Waals surface area (Å²) in [5.74, 6) is 0. The number of aryl methyl sites for hydroxylation is 2. The number of rotatable bonds is 1. The molecule has 0 aliphatic carbocycles. The lowest BCUT2D eigenvalue weighted by atomic mass is 10.2. The van der Waals surface area contributed by atoms with Crippen molar-refractivity contribution in [3.05, 3.63) is 45.9 Å². The zero-order chi connectivity index (χ0) is 13.6. The number of nitrogens with two attached hydrogens (primary N) is 1. The van der Waals surface area contributed by atoms with Crippen LogP contribution in [0.5, 0.6) is 0 Å². The van der Waals surface area contributed by atoms with Crippen molar-refractivity contribution in [3.63, 3.8) is 0 Å². The molecule has 2 aromatic carbocycles. The summed E-state index contributed by atoms with van der Waals surface area (Å²) >= 11 is 3.44. The van der Waals surface area contributed by atoms with Gasteiger partial charge in [0.2, 0.25) is 0 Å². The summed E-state index contributed by atoms with van der Waals surface area (Å²) in [6.45, 7) is 4.01. The summed E-state index contributed by atoms with van der Waals surface area (Å²) in [6, 6.07) is 9.99. The maximum absolute atomic E-state index is 5.99. The Bertz CT molecular complexity index is 759. The molecule has 0 aliphatic rings. The third kappa shape index (κ3) is 2.00. The molecule has 4 nitrogen and oxygen atoms in total. The number of anilines is 1. The summed E-state index contributed by atoms with van der Waals surface area (Å²) < 4.78 is 0.855. The normalized spacial score (nSPS) is 11.1. The van der Waals surface area contributed by atoms with Crippen molar-refractivity contribution in [2.75, 3.05) is 5.73 Å². The van der Waals surface area contributed by atoms with Crippen molar-refractivity contribution >= 4 is 32.7 Å². The number of hydrogen-bond donors (Lipinski definition) is 1. The molecular formula is C14H13BrN4. The van der Waals surface area contributed by atoms with Crippen LogP contribution in [0.2, 0.25) is 0 Å². The van der Waals surface area contributed by atoms with E-state index in [-0.39, 0.29) is 0 Å². The van der Waals surface area contributed by atoms with Crippen LogP contribution in [0.25, 0.3) is 16.7 Å². The van der Waals surface area contributed by atoms with Crippen LogP contribution in [0.15, 0.2) is 34.8 Å². The minimum atomic E-state index is 0.712. The van der Waals surface area contributed by atoms with Crippen molar-refractivity contribution in [1.82, 2.24) is 15.0 Å². The number of hydrogen-bond acceptors (Lipinski definition) is 3. The molecule has 5 heteroatoms. The molecule has 19 heavy (non-hydrogen) atoms. The van der Waals surface area contributed by atoms with Gasteiger partial charge in [-0.2, -0.15) is 4.80 Å². The molecule has 0 fully saturated rings. The molecule has 0 amide bonds. The maximum Gasteiger partial charge on any atom is 0.118 e. The number of aromatic nitrogens is 3. The van der Waals surface area contributed by atoms with E-state index in [9.17, 15) is 0 Å². The number of nitrogen functional groups attached to an aromatic ring is 1. The second-order valence-corrected chi connectivity index (χ2v) is 5.44. The van der Waals surface area contributed by atoms with Crippen molar-refractivity contribution < 1.29 is 0 Å². The van der Waals surface area contributed by atoms with Crippen molar-refractivity contribution in [1.29, 1.82) is 0 Å². The largest absolute Gasteiger partial charge is 0.398 e. The highest BCUT2D eigenvalue weighted by molar-refractivity contribution is 9.10. The predicted molar refractivity (Wildman–Crippen MR) is 80.5 cm³/mol. The van der Waals surface area contributed by atoms with Gasteiger partial charge in [-0.05, 0) is 48.0 Å². The summed E-state index contributed by atoms with van der Waals surface area (Å²) in [6.07, 6.45) is 0. The molecule has 0 unspecified atom stereocenters. The Labute approximate surface area is 119 Å². The molecule has 0 saturated heterocycles. The van der Waals surface area contributed by atoms with E-state index in [4.69, 9.17) is 5.73 Å². The third-order valence-electron chi connectivity index (χ3n) is 3.18. The molecule has 0 aliphatic heterocycles. The molecule has 0 spiro atoms. The summed E-state index contributed by atoms with van der Waals surface area (Å²) in [7, 11) is 0. The van der Waals surface area contributed by atoms with Gasteiger partial charge in [-0.1, -0.05) is 17.7 Å². The van der Waals surface area contributed by atoms with Crippen molar-refractivity contribution in [2.45, 2.75) is 13.8 Å². The Balaban J connectivity index is 2.22. The van der Waals surface area contributed by atoms with Crippen LogP contribution in [-0.4, -0.2) is 15.0 Å². The first-order chi connectivity index (χ1) is 9.06. The smallest absolute Gasteiger partial charge is 0.118 e. The van der Waals surface area contributed by atoms with Crippen molar-refractivity contribution in [3.8, 4) is 5.69 Å². The van der Waals surface area contributed by atoms with Gasteiger partial charge in [0.1, 0.15) is 11.0 Å². The summed E-state index contributed by atoms with van der Waals surface area (Å²) in [5, 5.41) is 9.01. The first-order valence-corrected chi connectivity index (χ1v) is 6.74. The average molecular weight is 317 g/mol. The van der Waals surface area contributed by atoms with Crippen LogP contribution in [0, 0.1) is 13.8 Å². The topological polar surface area (TPSA) is 56.7 Å². The van der Waals surface area contributed by atoms with E-state index in [0.29, 0.717) is 5.69 Å². The second kappa shape index (κ2) is 4.35. The SMILES string of the molecule is Cc1ccc(-n2nc3cc(Br)c(N)c(C)c3n2)cc1. The van der Waals surface area contributed by atoms with Gasteiger partial charge in [0.25, 0.3) is 0 Å². The minimum absolute atomic E-state index is 0.712. The fourth-order valence-corrected chi connectivity index (χ4v) is 2.49. The number of benzene rings is 2. The van der Waals surface area contributed by atoms with E-state index in [1.165, 1.54) is 5.56 Å². The first-order valence-electron chi connectivity index (χ1n) is 5.95. The molecule has 1 aromatic heterocycles. The predicted octanol–water partition coefficient (Wildman–Crippen LogP) is 3.38. The molecule has 0 saturated carbocycles. The van der Waals surface area contributed by atoms with E-state index >= 15 is 0 Å². The van der Waals surface area contributed by atoms with Gasteiger partial charge in [-0.15, -0.1) is 10.2 Å². The lowest BCUT2D eigenvalue weighted by Crippen LogP contribution is -1.98. The van der Waals surface area contributed by atoms with Gasteiger partial charge in [-0.25, -0.2) is 0 Å². The molecule has 3 rings (SSSR count). The fourth-order valence-electron chi connectivity index (χ4n) is 1.98. The van der Waals surface area contributed by atoms with Gasteiger partial charge in [0.15, 0.2) is 0 Å². The molecule has 0 atom stereocenters. The highest BCUT2D eigenvalue weighted by Gasteiger charge is 2.11. The second-order valence-electron chi connectivity index (χ2n) is 4.59. The quantitative estimate of drug-likeness (QED) is 0.700. The van der Waals surface area contributed by atoms with Crippen LogP contribution in [0.3, 0.4) is 0 Å². The van der Waals surface area contributed by atoms with Gasteiger partial charge in [0.05, 0.1) is 11.4 Å². The Morgan fingerprint density at radius 2 is 1.79 bits per heavy atom. The number of nitrogens with zero attached hydrogens (tertiary/aromatic N) is 3. The highest BCUT2D eigenvalue weighted by Crippen LogP contribution is 2.29. The lowest BCUT2D eigenvalue weighted by molar-refractivity contribution is 0.765. The fraction of sp³-hybridized carbons (Fsp3) is 0.143. The summed E-state index contributed by atoms with van der Waals surface area (Å²) in [5.41, 5.74) is 11.5. The number of halogens is 1. The van der Waals surface area contributed by atoms with Crippen LogP contribution < -0.4 is 5.73 Å². The molecule has 3 aromatic rings. The molecule has 96 valence electrons. The van der Waals surface area contributed by atoms with E-state index in [1.54, 1.807) is 4.80 Å². The van der Waals surface area contributed by atoms with Gasteiger partial charge in [-0.3, -0.25) is 0 Å². The molecule has 1 heterocycles. The van der Waals surface area contributed by atoms with Crippen LogP contribution in [-0.2, 0) is 0 Å². The molecule has 0 bridgehead atoms. The molecule has 2 N–H and O–H groups in total. The van der Waals surface area contributed by atoms with E-state index in [1.807, 2.05) is 37.3 Å². The Kier molecular flexibility index (Phi) is 2.78. The standard InChI is InChI=1S/C14H13BrN4/c1-8-3-5-10(6-4-8)19-17-12-7-11(15)13(16)9(2)14(12)18-19/h3-7H,16H2,1-2H3. The Morgan fingerprint density at radius 3 is 2.47 bits per heavy atom. The average Bonchev–Trinajstić information content (AvgIpc) is 2.81. The van der Waals surface area contributed by atoms with Gasteiger partial charge >= 0.3 is 0 Å². The lowest BCUT2D eigenvalue weighted by Gasteiger charge is -2.01. The minimum Gasteiger partial charge on any atom is -0.398 e. The zero-order valence-corrected chi connectivity index (χ0v) is 12.3. The van der Waals surface area contributed by atoms with Crippen LogP contribution in [0.1, 0.15) is 11.1 Å². The van der Waals surface area contributed by atoms with Crippen LogP contribution in [0.4, 0.5) is 5.69 Å². The van der Waals surface area contributed by atoms with E-state index in [0.717, 1.165) is 26.8 Å². The van der Waals surface area contributed by atoms with Gasteiger partial charge in [0, 0.05) is 10.0 Å². The van der Waals surface area contributed by atoms with E-state index < -0.39 is 0 Å². The summed E-state index contributed by atoms with van der Waals surface area (Å²) in [4.78, 5) is 1.64. The zero-order valence-electron chi connectivity index (χ0n) is 10.7. The first kappa shape index (κ1) is 12.2. The van der Waals surface area contributed by atoms with Gasteiger partial charge < -0.3 is 5.73 Å². The molecule has 0 radical (unpaired) electrons.